The molecule has 0 radical (unpaired) electrons. The van der Waals surface area contributed by atoms with E-state index in [1.165, 1.54) is 5.56 Å². The maximum absolute atomic E-state index is 12.4. The number of nitrogens with zero attached hydrogens (tertiary/aromatic N) is 4. The Balaban J connectivity index is 1.51. The molecule has 6 nitrogen and oxygen atoms in total. The van der Waals surface area contributed by atoms with E-state index in [4.69, 9.17) is 4.52 Å². The molecule has 23 heavy (non-hydrogen) atoms. The number of rotatable bonds is 4. The molecule has 124 valence electrons. The van der Waals surface area contributed by atoms with Gasteiger partial charge in [-0.2, -0.15) is 0 Å². The van der Waals surface area contributed by atoms with Crippen LogP contribution in [-0.2, 0) is 17.8 Å². The van der Waals surface area contributed by atoms with Crippen LogP contribution in [0.4, 0.5) is 0 Å². The van der Waals surface area contributed by atoms with Crippen molar-refractivity contribution in [3.05, 3.63) is 33.1 Å². The van der Waals surface area contributed by atoms with Gasteiger partial charge in [-0.05, 0) is 20.8 Å². The van der Waals surface area contributed by atoms with Crippen LogP contribution < -0.4 is 0 Å². The summed E-state index contributed by atoms with van der Waals surface area (Å²) in [7, 11) is 0. The molecule has 7 heteroatoms. The molecule has 0 saturated carbocycles. The van der Waals surface area contributed by atoms with E-state index in [2.05, 4.69) is 15.0 Å². The molecular formula is C16H22N4O2S. The molecule has 0 bridgehead atoms. The zero-order valence-electron chi connectivity index (χ0n) is 13.8. The molecule has 1 aliphatic rings. The second-order valence-electron chi connectivity index (χ2n) is 5.99. The van der Waals surface area contributed by atoms with E-state index in [9.17, 15) is 4.79 Å². The van der Waals surface area contributed by atoms with Gasteiger partial charge in [-0.25, -0.2) is 4.98 Å². The first kappa shape index (κ1) is 16.1. The highest BCUT2D eigenvalue weighted by molar-refractivity contribution is 7.09. The van der Waals surface area contributed by atoms with Crippen LogP contribution in [0.2, 0.25) is 0 Å². The Morgan fingerprint density at radius 2 is 2.00 bits per heavy atom. The van der Waals surface area contributed by atoms with Gasteiger partial charge < -0.3 is 9.42 Å². The molecule has 2 aromatic heterocycles. The average molecular weight is 334 g/mol. The van der Waals surface area contributed by atoms with E-state index < -0.39 is 0 Å². The number of thiazole rings is 1. The monoisotopic (exact) mass is 334 g/mol. The van der Waals surface area contributed by atoms with Gasteiger partial charge in [0.25, 0.3) is 0 Å². The number of piperazine rings is 1. The van der Waals surface area contributed by atoms with E-state index in [1.807, 2.05) is 31.1 Å². The van der Waals surface area contributed by atoms with Crippen molar-refractivity contribution >= 4 is 17.2 Å². The molecule has 0 spiro atoms. The third kappa shape index (κ3) is 3.79. The lowest BCUT2D eigenvalue weighted by Gasteiger charge is -2.34. The van der Waals surface area contributed by atoms with Gasteiger partial charge in [-0.15, -0.1) is 11.3 Å². The van der Waals surface area contributed by atoms with Gasteiger partial charge in [0.15, 0.2) is 0 Å². The van der Waals surface area contributed by atoms with Crippen molar-refractivity contribution in [1.29, 1.82) is 0 Å². The fourth-order valence-electron chi connectivity index (χ4n) is 2.86. The van der Waals surface area contributed by atoms with Crippen molar-refractivity contribution in [3.8, 4) is 0 Å². The van der Waals surface area contributed by atoms with Gasteiger partial charge in [0.2, 0.25) is 5.91 Å². The Labute approximate surface area is 140 Å². The van der Waals surface area contributed by atoms with E-state index in [1.54, 1.807) is 11.3 Å². The molecule has 1 saturated heterocycles. The molecule has 1 amide bonds. The molecule has 0 aromatic carbocycles. The van der Waals surface area contributed by atoms with E-state index in [0.29, 0.717) is 6.42 Å². The maximum atomic E-state index is 12.4. The highest BCUT2D eigenvalue weighted by Gasteiger charge is 2.23. The molecular weight excluding hydrogens is 312 g/mol. The number of aromatic nitrogens is 2. The first-order valence-electron chi connectivity index (χ1n) is 7.86. The summed E-state index contributed by atoms with van der Waals surface area (Å²) in [5, 5.41) is 6.99. The Morgan fingerprint density at radius 3 is 2.57 bits per heavy atom. The number of carbonyl (C=O) groups excluding carboxylic acids is 1. The van der Waals surface area contributed by atoms with Crippen LogP contribution in [0.25, 0.3) is 0 Å². The largest absolute Gasteiger partial charge is 0.361 e. The number of carbonyl (C=O) groups is 1. The lowest BCUT2D eigenvalue weighted by Crippen LogP contribution is -2.48. The standard InChI is InChI=1S/C16H22N4O2S/c1-11-15(12(2)22-18-11)9-19-4-6-20(7-5-19)16(21)8-14-10-23-13(3)17-14/h10H,4-9H2,1-3H3. The van der Waals surface area contributed by atoms with Crippen molar-refractivity contribution in [1.82, 2.24) is 19.9 Å². The predicted molar refractivity (Wildman–Crippen MR) is 88.4 cm³/mol. The van der Waals surface area contributed by atoms with E-state index in [0.717, 1.165) is 54.9 Å². The number of hydrogen-bond donors (Lipinski definition) is 0. The van der Waals surface area contributed by atoms with Crippen LogP contribution in [0.3, 0.4) is 0 Å². The zero-order valence-corrected chi connectivity index (χ0v) is 14.7. The third-order valence-electron chi connectivity index (χ3n) is 4.29. The minimum absolute atomic E-state index is 0.173. The van der Waals surface area contributed by atoms with Crippen LogP contribution in [0.5, 0.6) is 0 Å². The quantitative estimate of drug-likeness (QED) is 0.855. The molecule has 1 fully saturated rings. The van der Waals surface area contributed by atoms with Crippen molar-refractivity contribution in [2.24, 2.45) is 0 Å². The molecule has 3 heterocycles. The lowest BCUT2D eigenvalue weighted by atomic mass is 10.1. The Morgan fingerprint density at radius 1 is 1.26 bits per heavy atom. The highest BCUT2D eigenvalue weighted by Crippen LogP contribution is 2.17. The third-order valence-corrected chi connectivity index (χ3v) is 5.11. The summed E-state index contributed by atoms with van der Waals surface area (Å²) >= 11 is 1.59. The van der Waals surface area contributed by atoms with Gasteiger partial charge in [0, 0.05) is 43.7 Å². The topological polar surface area (TPSA) is 62.5 Å². The SMILES string of the molecule is Cc1nc(CC(=O)N2CCN(Cc3c(C)noc3C)CC2)cs1. The summed E-state index contributed by atoms with van der Waals surface area (Å²) in [6.45, 7) is 10.0. The molecule has 0 aliphatic carbocycles. The first-order chi connectivity index (χ1) is 11.0. The van der Waals surface area contributed by atoms with E-state index >= 15 is 0 Å². The summed E-state index contributed by atoms with van der Waals surface area (Å²) < 4.78 is 5.22. The van der Waals surface area contributed by atoms with Crippen LogP contribution in [-0.4, -0.2) is 52.0 Å². The molecule has 3 rings (SSSR count). The van der Waals surface area contributed by atoms with Gasteiger partial charge in [-0.1, -0.05) is 5.16 Å². The van der Waals surface area contributed by atoms with Gasteiger partial charge in [0.1, 0.15) is 5.76 Å². The Hall–Kier alpha value is -1.73. The molecule has 0 N–H and O–H groups in total. The van der Waals surface area contributed by atoms with Crippen molar-refractivity contribution < 1.29 is 9.32 Å². The van der Waals surface area contributed by atoms with Crippen LogP contribution in [0.15, 0.2) is 9.90 Å². The van der Waals surface area contributed by atoms with E-state index in [-0.39, 0.29) is 5.91 Å². The normalized spacial score (nSPS) is 16.0. The number of aryl methyl sites for hydroxylation is 3. The lowest BCUT2D eigenvalue weighted by molar-refractivity contribution is -0.132. The van der Waals surface area contributed by atoms with Crippen molar-refractivity contribution in [3.63, 3.8) is 0 Å². The predicted octanol–water partition coefficient (Wildman–Crippen LogP) is 1.94. The smallest absolute Gasteiger partial charge is 0.228 e. The second kappa shape index (κ2) is 6.80. The summed E-state index contributed by atoms with van der Waals surface area (Å²) in [6.07, 6.45) is 0.411. The summed E-state index contributed by atoms with van der Waals surface area (Å²) in [5.74, 6) is 1.06. The molecule has 2 aromatic rings. The molecule has 1 aliphatic heterocycles. The Bertz CT molecular complexity index is 667. The van der Waals surface area contributed by atoms with Gasteiger partial charge in [-0.3, -0.25) is 9.69 Å². The van der Waals surface area contributed by atoms with Gasteiger partial charge in [0.05, 0.1) is 22.8 Å². The minimum atomic E-state index is 0.173. The first-order valence-corrected chi connectivity index (χ1v) is 8.74. The minimum Gasteiger partial charge on any atom is -0.361 e. The number of hydrogen-bond acceptors (Lipinski definition) is 6. The highest BCUT2D eigenvalue weighted by atomic mass is 32.1. The van der Waals surface area contributed by atoms with Crippen LogP contribution >= 0.6 is 11.3 Å². The second-order valence-corrected chi connectivity index (χ2v) is 7.06. The van der Waals surface area contributed by atoms with Crippen LogP contribution in [0, 0.1) is 20.8 Å². The molecule has 0 atom stereocenters. The molecule has 0 unspecified atom stereocenters. The zero-order chi connectivity index (χ0) is 16.4. The van der Waals surface area contributed by atoms with Crippen molar-refractivity contribution in [2.75, 3.05) is 26.2 Å². The summed E-state index contributed by atoms with van der Waals surface area (Å²) in [5.41, 5.74) is 3.01. The fourth-order valence-corrected chi connectivity index (χ4v) is 3.48. The van der Waals surface area contributed by atoms with Gasteiger partial charge >= 0.3 is 0 Å². The summed E-state index contributed by atoms with van der Waals surface area (Å²) in [4.78, 5) is 21.0. The number of amides is 1. The summed E-state index contributed by atoms with van der Waals surface area (Å²) in [6, 6.07) is 0. The van der Waals surface area contributed by atoms with Crippen LogP contribution in [0.1, 0.15) is 27.7 Å². The average Bonchev–Trinajstić information content (AvgIpc) is 3.08. The Kier molecular flexibility index (Phi) is 4.77. The van der Waals surface area contributed by atoms with Crippen molar-refractivity contribution in [2.45, 2.75) is 33.7 Å². The maximum Gasteiger partial charge on any atom is 0.228 e. The fraction of sp³-hybridized carbons (Fsp3) is 0.562.